The molecule has 0 bridgehead atoms. The zero-order chi connectivity index (χ0) is 10.7. The molecule has 0 saturated heterocycles. The molecule has 0 aliphatic heterocycles. The highest BCUT2D eigenvalue weighted by molar-refractivity contribution is 5.05. The molecule has 2 aliphatic rings. The van der Waals surface area contributed by atoms with Gasteiger partial charge in [-0.1, -0.05) is 25.5 Å². The van der Waals surface area contributed by atoms with E-state index in [0.29, 0.717) is 17.4 Å². The highest BCUT2D eigenvalue weighted by Crippen LogP contribution is 2.43. The van der Waals surface area contributed by atoms with Crippen molar-refractivity contribution in [3.8, 4) is 0 Å². The van der Waals surface area contributed by atoms with Crippen molar-refractivity contribution in [3.63, 3.8) is 0 Å². The highest BCUT2D eigenvalue weighted by atomic mass is 14.9. The third-order valence-electron chi connectivity index (χ3n) is 4.28. The number of rotatable bonds is 5. The molecule has 2 nitrogen and oxygen atoms in total. The van der Waals surface area contributed by atoms with Crippen molar-refractivity contribution in [3.05, 3.63) is 12.2 Å². The van der Waals surface area contributed by atoms with Gasteiger partial charge in [0.05, 0.1) is 0 Å². The van der Waals surface area contributed by atoms with Crippen LogP contribution in [0, 0.1) is 11.3 Å². The topological polar surface area (TPSA) is 38.0 Å². The van der Waals surface area contributed by atoms with Crippen molar-refractivity contribution in [1.29, 1.82) is 0 Å². The summed E-state index contributed by atoms with van der Waals surface area (Å²) in [5, 5.41) is 3.63. The highest BCUT2D eigenvalue weighted by Gasteiger charge is 2.34. The van der Waals surface area contributed by atoms with Gasteiger partial charge in [-0.25, -0.2) is 0 Å². The van der Waals surface area contributed by atoms with Gasteiger partial charge in [0, 0.05) is 19.1 Å². The van der Waals surface area contributed by atoms with E-state index in [2.05, 4.69) is 24.4 Å². The lowest BCUT2D eigenvalue weighted by molar-refractivity contribution is 0.123. The average molecular weight is 208 g/mol. The van der Waals surface area contributed by atoms with Gasteiger partial charge in [0.2, 0.25) is 0 Å². The number of hydrogen-bond donors (Lipinski definition) is 2. The molecule has 0 aromatic carbocycles. The van der Waals surface area contributed by atoms with Crippen molar-refractivity contribution in [2.75, 3.05) is 13.1 Å². The number of hydrogen-bond acceptors (Lipinski definition) is 2. The van der Waals surface area contributed by atoms with E-state index in [4.69, 9.17) is 5.73 Å². The minimum atomic E-state index is 0.306. The van der Waals surface area contributed by atoms with Gasteiger partial charge >= 0.3 is 0 Å². The lowest BCUT2D eigenvalue weighted by atomic mass is 9.67. The molecule has 3 N–H and O–H groups in total. The van der Waals surface area contributed by atoms with Crippen LogP contribution in [0.15, 0.2) is 12.2 Å². The predicted molar refractivity (Wildman–Crippen MR) is 64.7 cm³/mol. The van der Waals surface area contributed by atoms with Crippen molar-refractivity contribution in [2.24, 2.45) is 17.1 Å². The summed E-state index contributed by atoms with van der Waals surface area (Å²) in [5.41, 5.74) is 6.47. The quantitative estimate of drug-likeness (QED) is 0.679. The molecular weight excluding hydrogens is 184 g/mol. The first-order valence-electron chi connectivity index (χ1n) is 6.39. The minimum absolute atomic E-state index is 0.306. The Hall–Kier alpha value is -0.340. The molecule has 86 valence electrons. The van der Waals surface area contributed by atoms with Crippen LogP contribution < -0.4 is 11.1 Å². The molecule has 0 radical (unpaired) electrons. The largest absolute Gasteiger partial charge is 0.324 e. The van der Waals surface area contributed by atoms with Crippen molar-refractivity contribution < 1.29 is 0 Å². The summed E-state index contributed by atoms with van der Waals surface area (Å²) in [4.78, 5) is 0. The lowest BCUT2D eigenvalue weighted by Gasteiger charge is -2.41. The van der Waals surface area contributed by atoms with Crippen LogP contribution in [0.25, 0.3) is 0 Å². The summed E-state index contributed by atoms with van der Waals surface area (Å²) < 4.78 is 0. The van der Waals surface area contributed by atoms with E-state index in [1.807, 2.05) is 0 Å². The average Bonchev–Trinajstić information content (AvgIpc) is 2.56. The summed E-state index contributed by atoms with van der Waals surface area (Å²) in [6.07, 6.45) is 11.2. The molecule has 2 aliphatic carbocycles. The van der Waals surface area contributed by atoms with E-state index in [-0.39, 0.29) is 0 Å². The van der Waals surface area contributed by atoms with Gasteiger partial charge in [0.25, 0.3) is 0 Å². The van der Waals surface area contributed by atoms with E-state index < -0.39 is 0 Å². The SMILES string of the molecule is CCC1(CNCC2C=CC(N)C2)CCC1. The van der Waals surface area contributed by atoms with Gasteiger partial charge < -0.3 is 11.1 Å². The lowest BCUT2D eigenvalue weighted by Crippen LogP contribution is -2.40. The van der Waals surface area contributed by atoms with Gasteiger partial charge in [-0.15, -0.1) is 0 Å². The molecule has 0 amide bonds. The Morgan fingerprint density at radius 3 is 2.67 bits per heavy atom. The number of nitrogens with two attached hydrogens (primary N) is 1. The van der Waals surface area contributed by atoms with Crippen LogP contribution in [-0.4, -0.2) is 19.1 Å². The fourth-order valence-electron chi connectivity index (χ4n) is 2.81. The molecule has 15 heavy (non-hydrogen) atoms. The van der Waals surface area contributed by atoms with Crippen LogP contribution in [0.2, 0.25) is 0 Å². The third kappa shape index (κ3) is 2.61. The smallest absolute Gasteiger partial charge is 0.0229 e. The fourth-order valence-corrected chi connectivity index (χ4v) is 2.81. The predicted octanol–water partition coefficient (Wildman–Crippen LogP) is 2.06. The van der Waals surface area contributed by atoms with Gasteiger partial charge in [0.1, 0.15) is 0 Å². The Kier molecular flexibility index (Phi) is 3.47. The molecule has 2 rings (SSSR count). The van der Waals surface area contributed by atoms with E-state index >= 15 is 0 Å². The second-order valence-electron chi connectivity index (χ2n) is 5.38. The summed E-state index contributed by atoms with van der Waals surface area (Å²) in [6.45, 7) is 4.65. The molecule has 0 spiro atoms. The Morgan fingerprint density at radius 1 is 1.40 bits per heavy atom. The maximum absolute atomic E-state index is 5.83. The van der Waals surface area contributed by atoms with Crippen LogP contribution >= 0.6 is 0 Å². The van der Waals surface area contributed by atoms with Crippen molar-refractivity contribution >= 4 is 0 Å². The van der Waals surface area contributed by atoms with Gasteiger partial charge in [-0.05, 0) is 37.0 Å². The molecule has 0 heterocycles. The molecule has 1 saturated carbocycles. The minimum Gasteiger partial charge on any atom is -0.324 e. The summed E-state index contributed by atoms with van der Waals surface area (Å²) in [6, 6.07) is 0.306. The van der Waals surface area contributed by atoms with E-state index in [1.165, 1.54) is 32.2 Å². The fraction of sp³-hybridized carbons (Fsp3) is 0.846. The standard InChI is InChI=1S/C13H24N2/c1-2-13(6-3-7-13)10-15-9-11-4-5-12(14)8-11/h4-5,11-12,15H,2-3,6-10,14H2,1H3. The summed E-state index contributed by atoms with van der Waals surface area (Å²) >= 11 is 0. The molecule has 2 heteroatoms. The summed E-state index contributed by atoms with van der Waals surface area (Å²) in [5.74, 6) is 0.675. The van der Waals surface area contributed by atoms with Crippen LogP contribution in [0.5, 0.6) is 0 Å². The first-order chi connectivity index (χ1) is 7.24. The van der Waals surface area contributed by atoms with Crippen LogP contribution in [-0.2, 0) is 0 Å². The molecule has 1 fully saturated rings. The van der Waals surface area contributed by atoms with Crippen LogP contribution in [0.4, 0.5) is 0 Å². The molecule has 2 unspecified atom stereocenters. The van der Waals surface area contributed by atoms with E-state index in [9.17, 15) is 0 Å². The Balaban J connectivity index is 1.64. The molecule has 0 aromatic heterocycles. The van der Waals surface area contributed by atoms with Crippen LogP contribution in [0.3, 0.4) is 0 Å². The van der Waals surface area contributed by atoms with Gasteiger partial charge in [0.15, 0.2) is 0 Å². The Bertz CT molecular complexity index is 225. The molecular formula is C13H24N2. The first kappa shape index (κ1) is 11.2. The van der Waals surface area contributed by atoms with Crippen LogP contribution in [0.1, 0.15) is 39.0 Å². The normalized spacial score (nSPS) is 32.9. The van der Waals surface area contributed by atoms with E-state index in [1.54, 1.807) is 0 Å². The Labute approximate surface area is 93.3 Å². The monoisotopic (exact) mass is 208 g/mol. The van der Waals surface area contributed by atoms with Crippen molar-refractivity contribution in [2.45, 2.75) is 45.1 Å². The third-order valence-corrected chi connectivity index (χ3v) is 4.28. The van der Waals surface area contributed by atoms with E-state index in [0.717, 1.165) is 13.0 Å². The second kappa shape index (κ2) is 4.67. The second-order valence-corrected chi connectivity index (χ2v) is 5.38. The van der Waals surface area contributed by atoms with Gasteiger partial charge in [-0.3, -0.25) is 0 Å². The van der Waals surface area contributed by atoms with Crippen molar-refractivity contribution in [1.82, 2.24) is 5.32 Å². The molecule has 0 aromatic rings. The number of nitrogens with one attached hydrogen (secondary N) is 1. The maximum atomic E-state index is 5.83. The maximum Gasteiger partial charge on any atom is 0.0229 e. The first-order valence-corrected chi connectivity index (χ1v) is 6.39. The zero-order valence-electron chi connectivity index (χ0n) is 9.84. The Morgan fingerprint density at radius 2 is 2.20 bits per heavy atom. The molecule has 2 atom stereocenters. The zero-order valence-corrected chi connectivity index (χ0v) is 9.84. The summed E-state index contributed by atoms with van der Waals surface area (Å²) in [7, 11) is 0. The van der Waals surface area contributed by atoms with Gasteiger partial charge in [-0.2, -0.15) is 0 Å².